The minimum Gasteiger partial charge on any atom is -0.323 e. The normalized spacial score (nSPS) is 11.2. The van der Waals surface area contributed by atoms with Crippen molar-refractivity contribution in [2.24, 2.45) is 11.8 Å². The molecule has 0 spiro atoms. The van der Waals surface area contributed by atoms with Crippen LogP contribution in [0.5, 0.6) is 0 Å². The number of hydrazine groups is 1. The van der Waals surface area contributed by atoms with Gasteiger partial charge in [-0.1, -0.05) is 13.8 Å². The number of nitrogen functional groups attached to an aromatic ring is 1. The van der Waals surface area contributed by atoms with Gasteiger partial charge >= 0.3 is 0 Å². The maximum Gasteiger partial charge on any atom is 0.0834 e. The van der Waals surface area contributed by atoms with Crippen LogP contribution < -0.4 is 11.3 Å². The average Bonchev–Trinajstić information content (AvgIpc) is 2.63. The molecule has 0 radical (unpaired) electrons. The summed E-state index contributed by atoms with van der Waals surface area (Å²) in [5, 5.41) is 2.04. The van der Waals surface area contributed by atoms with Gasteiger partial charge in [-0.2, -0.15) is 0 Å². The Morgan fingerprint density at radius 3 is 3.00 bits per heavy atom. The molecule has 3 nitrogen and oxygen atoms in total. The summed E-state index contributed by atoms with van der Waals surface area (Å²) < 4.78 is 1.13. The summed E-state index contributed by atoms with van der Waals surface area (Å²) in [6, 6.07) is 4.07. The Morgan fingerprint density at radius 1 is 1.53 bits per heavy atom. The molecular formula is C11H15N3S. The first-order valence-electron chi connectivity index (χ1n) is 5.04. The number of nitrogens with one attached hydrogen (secondary N) is 1. The number of hydrogen-bond acceptors (Lipinski definition) is 4. The molecule has 2 heterocycles. The Balaban J connectivity index is 2.49. The van der Waals surface area contributed by atoms with Gasteiger partial charge in [0.05, 0.1) is 15.9 Å². The van der Waals surface area contributed by atoms with Gasteiger partial charge in [0.1, 0.15) is 0 Å². The molecule has 0 saturated carbocycles. The second kappa shape index (κ2) is 4.16. The number of thiophene rings is 1. The van der Waals surface area contributed by atoms with Crippen molar-refractivity contribution in [3.8, 4) is 0 Å². The van der Waals surface area contributed by atoms with Crippen LogP contribution in [-0.4, -0.2) is 4.98 Å². The highest BCUT2D eigenvalue weighted by atomic mass is 32.1. The molecule has 0 amide bonds. The van der Waals surface area contributed by atoms with E-state index in [9.17, 15) is 0 Å². The third kappa shape index (κ3) is 2.11. The molecule has 0 unspecified atom stereocenters. The number of nitrogens with zero attached hydrogens (tertiary/aromatic N) is 1. The van der Waals surface area contributed by atoms with Crippen molar-refractivity contribution < 1.29 is 0 Å². The van der Waals surface area contributed by atoms with Crippen LogP contribution in [0, 0.1) is 5.92 Å². The minimum atomic E-state index is 0.610. The standard InChI is InChI=1S/C11H15N3S/c1-7(2)5-8-6-10(14-12)11-9(13-8)3-4-15-11/h3-4,6-7H,5,12H2,1-2H3,(H,13,14). The summed E-state index contributed by atoms with van der Waals surface area (Å²) in [5.41, 5.74) is 5.85. The van der Waals surface area contributed by atoms with E-state index in [2.05, 4.69) is 24.3 Å². The van der Waals surface area contributed by atoms with Crippen molar-refractivity contribution in [3.05, 3.63) is 23.2 Å². The average molecular weight is 221 g/mol. The van der Waals surface area contributed by atoms with Gasteiger partial charge in [0.15, 0.2) is 0 Å². The van der Waals surface area contributed by atoms with Gasteiger partial charge in [-0.05, 0) is 29.9 Å². The second-order valence-electron chi connectivity index (χ2n) is 4.04. The molecule has 3 N–H and O–H groups in total. The predicted octanol–water partition coefficient (Wildman–Crippen LogP) is 2.78. The smallest absolute Gasteiger partial charge is 0.0834 e. The van der Waals surface area contributed by atoms with E-state index in [-0.39, 0.29) is 0 Å². The van der Waals surface area contributed by atoms with Crippen LogP contribution in [0.4, 0.5) is 5.69 Å². The molecule has 0 atom stereocenters. The molecule has 15 heavy (non-hydrogen) atoms. The summed E-state index contributed by atoms with van der Waals surface area (Å²) >= 11 is 1.66. The van der Waals surface area contributed by atoms with Crippen molar-refractivity contribution in [2.45, 2.75) is 20.3 Å². The fourth-order valence-corrected chi connectivity index (χ4v) is 2.45. The van der Waals surface area contributed by atoms with Crippen LogP contribution in [0.3, 0.4) is 0 Å². The van der Waals surface area contributed by atoms with Gasteiger partial charge in [-0.3, -0.25) is 10.8 Å². The SMILES string of the molecule is CC(C)Cc1cc(NN)c2sccc2n1. The van der Waals surface area contributed by atoms with Crippen LogP contribution in [-0.2, 0) is 6.42 Å². The topological polar surface area (TPSA) is 50.9 Å². The number of hydrogen-bond donors (Lipinski definition) is 2. The monoisotopic (exact) mass is 221 g/mol. The van der Waals surface area contributed by atoms with Crippen LogP contribution in [0.25, 0.3) is 10.2 Å². The van der Waals surface area contributed by atoms with Crippen LogP contribution >= 0.6 is 11.3 Å². The third-order valence-corrected chi connectivity index (χ3v) is 3.17. The number of rotatable bonds is 3. The van der Waals surface area contributed by atoms with Gasteiger partial charge < -0.3 is 5.43 Å². The Bertz CT molecular complexity index is 462. The molecule has 2 aromatic heterocycles. The first-order valence-corrected chi connectivity index (χ1v) is 5.92. The molecule has 2 rings (SSSR count). The van der Waals surface area contributed by atoms with Gasteiger partial charge in [-0.25, -0.2) is 0 Å². The predicted molar refractivity (Wildman–Crippen MR) is 66.0 cm³/mol. The van der Waals surface area contributed by atoms with Crippen molar-refractivity contribution >= 4 is 27.2 Å². The Labute approximate surface area is 93.3 Å². The molecule has 2 aromatic rings. The van der Waals surface area contributed by atoms with E-state index in [0.29, 0.717) is 5.92 Å². The number of nitrogens with two attached hydrogens (primary N) is 1. The molecule has 0 aliphatic rings. The summed E-state index contributed by atoms with van der Waals surface area (Å²) in [7, 11) is 0. The summed E-state index contributed by atoms with van der Waals surface area (Å²) in [4.78, 5) is 4.60. The lowest BCUT2D eigenvalue weighted by Crippen LogP contribution is -2.08. The largest absolute Gasteiger partial charge is 0.323 e. The fraction of sp³-hybridized carbons (Fsp3) is 0.364. The van der Waals surface area contributed by atoms with E-state index in [1.807, 2.05) is 17.5 Å². The minimum absolute atomic E-state index is 0.610. The molecule has 0 fully saturated rings. The molecule has 0 aromatic carbocycles. The highest BCUT2D eigenvalue weighted by molar-refractivity contribution is 7.17. The molecule has 0 aliphatic carbocycles. The van der Waals surface area contributed by atoms with E-state index in [1.54, 1.807) is 11.3 Å². The van der Waals surface area contributed by atoms with E-state index < -0.39 is 0 Å². The highest BCUT2D eigenvalue weighted by Crippen LogP contribution is 2.28. The van der Waals surface area contributed by atoms with E-state index >= 15 is 0 Å². The molecule has 0 saturated heterocycles. The van der Waals surface area contributed by atoms with Crippen molar-refractivity contribution in [3.63, 3.8) is 0 Å². The second-order valence-corrected chi connectivity index (χ2v) is 4.95. The summed E-state index contributed by atoms with van der Waals surface area (Å²) in [5.74, 6) is 6.11. The van der Waals surface area contributed by atoms with Gasteiger partial charge in [0.25, 0.3) is 0 Å². The van der Waals surface area contributed by atoms with Gasteiger partial charge in [0, 0.05) is 5.69 Å². The maximum absolute atomic E-state index is 5.50. The first kappa shape index (κ1) is 10.4. The number of anilines is 1. The van der Waals surface area contributed by atoms with E-state index in [1.165, 1.54) is 0 Å². The Hall–Kier alpha value is -1.13. The number of aromatic nitrogens is 1. The Kier molecular flexibility index (Phi) is 2.88. The molecule has 0 bridgehead atoms. The molecule has 0 aliphatic heterocycles. The summed E-state index contributed by atoms with van der Waals surface area (Å²) in [6.45, 7) is 4.38. The molecule has 80 valence electrons. The summed E-state index contributed by atoms with van der Waals surface area (Å²) in [6.07, 6.45) is 0.987. The number of pyridine rings is 1. The third-order valence-electron chi connectivity index (χ3n) is 2.24. The number of fused-ring (bicyclic) bond motifs is 1. The lowest BCUT2D eigenvalue weighted by molar-refractivity contribution is 0.637. The zero-order valence-corrected chi connectivity index (χ0v) is 9.77. The zero-order chi connectivity index (χ0) is 10.8. The zero-order valence-electron chi connectivity index (χ0n) is 8.95. The van der Waals surface area contributed by atoms with Crippen molar-refractivity contribution in [1.29, 1.82) is 0 Å². The van der Waals surface area contributed by atoms with E-state index in [4.69, 9.17) is 5.84 Å². The van der Waals surface area contributed by atoms with Gasteiger partial charge in [0.2, 0.25) is 0 Å². The van der Waals surface area contributed by atoms with Crippen molar-refractivity contribution in [1.82, 2.24) is 4.98 Å². The van der Waals surface area contributed by atoms with Crippen LogP contribution in [0.2, 0.25) is 0 Å². The quantitative estimate of drug-likeness (QED) is 0.619. The highest BCUT2D eigenvalue weighted by Gasteiger charge is 2.07. The van der Waals surface area contributed by atoms with Crippen LogP contribution in [0.1, 0.15) is 19.5 Å². The van der Waals surface area contributed by atoms with Crippen molar-refractivity contribution in [2.75, 3.05) is 5.43 Å². The van der Waals surface area contributed by atoms with Crippen LogP contribution in [0.15, 0.2) is 17.5 Å². The molecular weight excluding hydrogens is 206 g/mol. The lowest BCUT2D eigenvalue weighted by atomic mass is 10.1. The maximum atomic E-state index is 5.50. The van der Waals surface area contributed by atoms with E-state index in [0.717, 1.165) is 28.0 Å². The van der Waals surface area contributed by atoms with Gasteiger partial charge in [-0.15, -0.1) is 11.3 Å². The fourth-order valence-electron chi connectivity index (χ4n) is 1.64. The molecule has 4 heteroatoms. The lowest BCUT2D eigenvalue weighted by Gasteiger charge is -2.07. The Morgan fingerprint density at radius 2 is 2.33 bits per heavy atom. The first-order chi connectivity index (χ1) is 7.20.